The average molecular weight is 958 g/mol. The van der Waals surface area contributed by atoms with Crippen LogP contribution in [0, 0.1) is 5.92 Å². The third kappa shape index (κ3) is 20.8. The summed E-state index contributed by atoms with van der Waals surface area (Å²) in [5.41, 5.74) is 0. The summed E-state index contributed by atoms with van der Waals surface area (Å²) in [5.74, 6) is -1.25. The van der Waals surface area contributed by atoms with E-state index in [-0.39, 0.29) is 38.1 Å². The first kappa shape index (κ1) is 58.0. The molecule has 11 N–H and O–H groups in total. The lowest BCUT2D eigenvalue weighted by molar-refractivity contribution is -0.270. The maximum absolute atomic E-state index is 11.7. The molecular formula is C43H79N3O20. The van der Waals surface area contributed by atoms with Gasteiger partial charge in [0.25, 0.3) is 0 Å². The average Bonchev–Trinajstić information content (AvgIpc) is 3.28. The maximum atomic E-state index is 11.7. The van der Waals surface area contributed by atoms with Gasteiger partial charge in [-0.2, -0.15) is 0 Å². The lowest BCUT2D eigenvalue weighted by atomic mass is 9.97. The van der Waals surface area contributed by atoms with Crippen molar-refractivity contribution in [3.8, 4) is 0 Å². The SMILES string of the molecule is CC(=O)NC1C(O)CC(CO)O[C@H]1OCCCCCOCC(COCCCCCO[C@@H]1OC(CO)[C@H](O)C(O)C1NC(C)=O)COCCCCCO[C@@H]1OC(CO)[C@H](O)C(O)C1NC(C)=O. The number of carbonyl (C=O) groups is 3. The summed E-state index contributed by atoms with van der Waals surface area (Å²) in [6.07, 6.45) is -5.58. The molecule has 3 heterocycles. The number of ether oxygens (including phenoxy) is 9. The van der Waals surface area contributed by atoms with Gasteiger partial charge >= 0.3 is 0 Å². The van der Waals surface area contributed by atoms with Crippen LogP contribution in [-0.4, -0.2) is 224 Å². The van der Waals surface area contributed by atoms with E-state index < -0.39 is 111 Å². The van der Waals surface area contributed by atoms with Crippen molar-refractivity contribution in [2.24, 2.45) is 5.92 Å². The monoisotopic (exact) mass is 958 g/mol. The topological polar surface area (TPSA) is 332 Å². The molecule has 0 aromatic rings. The molecule has 0 aliphatic carbocycles. The van der Waals surface area contributed by atoms with E-state index in [0.717, 1.165) is 38.5 Å². The molecule has 14 atom stereocenters. The third-order valence-corrected chi connectivity index (χ3v) is 11.3. The third-order valence-electron chi connectivity index (χ3n) is 11.3. The standard InChI is InChI=1S/C43H79N3O20/c1-26(50)44-34-31(53)19-30(20-47)64-41(34)61-16-10-4-7-13-58-23-29(24-59-14-8-5-11-17-62-42-35(45-27(2)51)39(56)37(54)32(21-48)65-42)25-60-15-9-6-12-18-63-43-36(46-28(3)52)40(57)38(55)33(22-49)66-43/h29-43,47-49,53-57H,4-25H2,1-3H3,(H,44,50)(H,45,51)(H,46,52)/t29?,30?,31?,32?,33?,34?,35?,36?,37-,38-,39?,40?,41+,42+,43+/m0/s1. The zero-order valence-electron chi connectivity index (χ0n) is 38.7. The Morgan fingerprint density at radius 1 is 0.485 bits per heavy atom. The van der Waals surface area contributed by atoms with Crippen molar-refractivity contribution in [3.63, 3.8) is 0 Å². The Kier molecular flexibility index (Phi) is 28.6. The lowest BCUT2D eigenvalue weighted by Gasteiger charge is -2.42. The molecule has 3 aliphatic rings. The Morgan fingerprint density at radius 3 is 1.18 bits per heavy atom. The van der Waals surface area contributed by atoms with Crippen molar-refractivity contribution >= 4 is 17.7 Å². The highest BCUT2D eigenvalue weighted by Gasteiger charge is 2.46. The highest BCUT2D eigenvalue weighted by atomic mass is 16.7. The van der Waals surface area contributed by atoms with E-state index in [4.69, 9.17) is 42.6 Å². The Bertz CT molecular complexity index is 1280. The van der Waals surface area contributed by atoms with E-state index in [9.17, 15) is 55.2 Å². The van der Waals surface area contributed by atoms with Gasteiger partial charge in [-0.05, 0) is 57.8 Å². The number of carbonyl (C=O) groups excluding carboxylic acids is 3. The largest absolute Gasteiger partial charge is 0.394 e. The zero-order chi connectivity index (χ0) is 48.4. The first-order valence-corrected chi connectivity index (χ1v) is 23.3. The highest BCUT2D eigenvalue weighted by molar-refractivity contribution is 5.74. The molecule has 0 bridgehead atoms. The van der Waals surface area contributed by atoms with Crippen molar-refractivity contribution in [3.05, 3.63) is 0 Å². The summed E-state index contributed by atoms with van der Waals surface area (Å²) in [6.45, 7) is 5.97. The molecule has 0 spiro atoms. The van der Waals surface area contributed by atoms with Crippen molar-refractivity contribution in [2.75, 3.05) is 79.3 Å². The molecule has 3 fully saturated rings. The first-order valence-electron chi connectivity index (χ1n) is 23.3. The fourth-order valence-corrected chi connectivity index (χ4v) is 7.75. The molecule has 3 rings (SSSR count). The molecule has 3 amide bonds. The molecule has 23 nitrogen and oxygen atoms in total. The zero-order valence-corrected chi connectivity index (χ0v) is 38.7. The van der Waals surface area contributed by atoms with Gasteiger partial charge in [-0.25, -0.2) is 0 Å². The smallest absolute Gasteiger partial charge is 0.217 e. The second-order valence-electron chi connectivity index (χ2n) is 17.1. The molecule has 0 aromatic heterocycles. The van der Waals surface area contributed by atoms with Crippen molar-refractivity contribution in [2.45, 2.75) is 171 Å². The van der Waals surface area contributed by atoms with Gasteiger partial charge < -0.3 is 99.4 Å². The Balaban J connectivity index is 1.38. The molecule has 23 heteroatoms. The van der Waals surface area contributed by atoms with E-state index >= 15 is 0 Å². The minimum absolute atomic E-state index is 0.0640. The fourth-order valence-electron chi connectivity index (χ4n) is 7.75. The molecule has 386 valence electrons. The Hall–Kier alpha value is -2.27. The number of rotatable bonds is 33. The van der Waals surface area contributed by atoms with Crippen molar-refractivity contribution < 1.29 is 97.9 Å². The summed E-state index contributed by atoms with van der Waals surface area (Å²) in [6, 6.07) is -2.74. The van der Waals surface area contributed by atoms with E-state index in [0.29, 0.717) is 65.5 Å². The number of aliphatic hydroxyl groups is 8. The van der Waals surface area contributed by atoms with Crippen molar-refractivity contribution in [1.29, 1.82) is 0 Å². The normalized spacial score (nSPS) is 31.9. The molecule has 0 radical (unpaired) electrons. The van der Waals surface area contributed by atoms with Gasteiger partial charge in [0, 0.05) is 72.8 Å². The minimum Gasteiger partial charge on any atom is -0.394 e. The van der Waals surface area contributed by atoms with Crippen LogP contribution in [-0.2, 0) is 57.0 Å². The number of amides is 3. The number of hydrogen-bond donors (Lipinski definition) is 11. The van der Waals surface area contributed by atoms with Crippen LogP contribution in [0.2, 0.25) is 0 Å². The molecule has 3 saturated heterocycles. The number of hydrogen-bond acceptors (Lipinski definition) is 20. The molecule has 3 aliphatic heterocycles. The predicted octanol–water partition coefficient (Wildman–Crippen LogP) is -2.93. The van der Waals surface area contributed by atoms with E-state index in [1.807, 2.05) is 0 Å². The highest BCUT2D eigenvalue weighted by Crippen LogP contribution is 2.25. The molecule has 0 aromatic carbocycles. The Morgan fingerprint density at radius 2 is 0.833 bits per heavy atom. The minimum atomic E-state index is -1.39. The maximum Gasteiger partial charge on any atom is 0.217 e. The molecule has 0 saturated carbocycles. The number of nitrogens with one attached hydrogen (secondary N) is 3. The lowest BCUT2D eigenvalue weighted by Crippen LogP contribution is -2.64. The molecule has 9 unspecified atom stereocenters. The van der Waals surface area contributed by atoms with E-state index in [1.165, 1.54) is 20.8 Å². The quantitative estimate of drug-likeness (QED) is 0.0294. The van der Waals surface area contributed by atoms with Crippen LogP contribution in [0.3, 0.4) is 0 Å². The predicted molar refractivity (Wildman–Crippen MR) is 230 cm³/mol. The van der Waals surface area contributed by atoms with Crippen LogP contribution in [0.4, 0.5) is 0 Å². The second kappa shape index (κ2) is 32.5. The molecule has 66 heavy (non-hydrogen) atoms. The van der Waals surface area contributed by atoms with Gasteiger partial charge in [0.1, 0.15) is 54.7 Å². The first-order chi connectivity index (χ1) is 31.7. The van der Waals surface area contributed by atoms with Crippen LogP contribution in [0.25, 0.3) is 0 Å². The van der Waals surface area contributed by atoms with Crippen LogP contribution in [0.5, 0.6) is 0 Å². The summed E-state index contributed by atoms with van der Waals surface area (Å²) >= 11 is 0. The van der Waals surface area contributed by atoms with Gasteiger partial charge in [-0.1, -0.05) is 0 Å². The van der Waals surface area contributed by atoms with Crippen molar-refractivity contribution in [1.82, 2.24) is 16.0 Å². The fraction of sp³-hybridized carbons (Fsp3) is 0.930. The van der Waals surface area contributed by atoms with Crippen LogP contribution < -0.4 is 16.0 Å². The van der Waals surface area contributed by atoms with Crippen LogP contribution in [0.15, 0.2) is 0 Å². The Labute approximate surface area is 387 Å². The van der Waals surface area contributed by atoms with E-state index in [2.05, 4.69) is 16.0 Å². The molecular weight excluding hydrogens is 878 g/mol. The second-order valence-corrected chi connectivity index (χ2v) is 17.1. The van der Waals surface area contributed by atoms with Gasteiger partial charge in [-0.15, -0.1) is 0 Å². The van der Waals surface area contributed by atoms with Gasteiger partial charge in [0.05, 0.1) is 51.8 Å². The summed E-state index contributed by atoms with van der Waals surface area (Å²) in [7, 11) is 0. The van der Waals surface area contributed by atoms with Crippen LogP contribution >= 0.6 is 0 Å². The van der Waals surface area contributed by atoms with Gasteiger partial charge in [0.2, 0.25) is 17.7 Å². The summed E-state index contributed by atoms with van der Waals surface area (Å²) in [4.78, 5) is 35.0. The van der Waals surface area contributed by atoms with Gasteiger partial charge in [0.15, 0.2) is 18.9 Å². The summed E-state index contributed by atoms with van der Waals surface area (Å²) in [5, 5.41) is 88.2. The summed E-state index contributed by atoms with van der Waals surface area (Å²) < 4.78 is 52.4. The number of unbranched alkanes of at least 4 members (excludes halogenated alkanes) is 6. The van der Waals surface area contributed by atoms with Gasteiger partial charge in [-0.3, -0.25) is 14.4 Å². The van der Waals surface area contributed by atoms with Crippen LogP contribution in [0.1, 0.15) is 85.0 Å². The van der Waals surface area contributed by atoms with E-state index in [1.54, 1.807) is 0 Å². The number of aliphatic hydroxyl groups excluding tert-OH is 8.